The Morgan fingerprint density at radius 2 is 2.04 bits per heavy atom. The van der Waals surface area contributed by atoms with Crippen LogP contribution >= 0.6 is 0 Å². The summed E-state index contributed by atoms with van der Waals surface area (Å²) in [4.78, 5) is 31.6. The molecule has 8 heteroatoms. The Morgan fingerprint density at radius 1 is 1.28 bits per heavy atom. The van der Waals surface area contributed by atoms with E-state index in [1.54, 1.807) is 25.0 Å². The number of fused-ring (bicyclic) bond motifs is 1. The second-order valence-electron chi connectivity index (χ2n) is 7.02. The third-order valence-electron chi connectivity index (χ3n) is 5.25. The highest BCUT2D eigenvalue weighted by atomic mass is 16.3. The summed E-state index contributed by atoms with van der Waals surface area (Å²) in [6.45, 7) is 3.94. The number of rotatable bonds is 5. The molecule has 0 aromatic carbocycles. The summed E-state index contributed by atoms with van der Waals surface area (Å²) in [5, 5.41) is 9.95. The third kappa shape index (κ3) is 3.28. The molecule has 0 amide bonds. The van der Waals surface area contributed by atoms with E-state index in [4.69, 9.17) is 0 Å². The Balaban J connectivity index is 1.78. The van der Waals surface area contributed by atoms with Crippen molar-refractivity contribution in [1.82, 2.24) is 23.6 Å². The van der Waals surface area contributed by atoms with Crippen molar-refractivity contribution in [2.45, 2.75) is 51.3 Å². The normalized spacial score (nSPS) is 20.2. The minimum absolute atomic E-state index is 0.174. The lowest BCUT2D eigenvalue weighted by atomic mass is 9.98. The minimum atomic E-state index is -0.360. The van der Waals surface area contributed by atoms with Crippen molar-refractivity contribution >= 4 is 11.2 Å². The number of aliphatic hydroxyl groups is 1. The summed E-state index contributed by atoms with van der Waals surface area (Å²) < 4.78 is 4.38. The molecule has 3 heterocycles. The lowest BCUT2D eigenvalue weighted by Crippen LogP contribution is -2.46. The highest BCUT2D eigenvalue weighted by Crippen LogP contribution is 2.19. The van der Waals surface area contributed by atoms with E-state index in [0.717, 1.165) is 32.4 Å². The molecule has 2 aromatic rings. The molecule has 2 unspecified atom stereocenters. The van der Waals surface area contributed by atoms with Crippen LogP contribution in [0.15, 0.2) is 15.9 Å². The smallest absolute Gasteiger partial charge is 0.332 e. The van der Waals surface area contributed by atoms with Crippen molar-refractivity contribution < 1.29 is 5.11 Å². The molecule has 25 heavy (non-hydrogen) atoms. The SMILES string of the molecule is CC(O)C1CCCCN1CCCn1c(=O)c2c(ncn2C)n(C)c1=O. The van der Waals surface area contributed by atoms with Crippen LogP contribution in [0.2, 0.25) is 0 Å². The molecule has 1 aliphatic heterocycles. The average Bonchev–Trinajstić information content (AvgIpc) is 2.98. The van der Waals surface area contributed by atoms with Crippen molar-refractivity contribution in [1.29, 1.82) is 0 Å². The number of aryl methyl sites for hydroxylation is 2. The molecule has 0 bridgehead atoms. The van der Waals surface area contributed by atoms with E-state index in [0.29, 0.717) is 24.1 Å². The first-order chi connectivity index (χ1) is 11.9. The van der Waals surface area contributed by atoms with E-state index in [1.165, 1.54) is 9.13 Å². The van der Waals surface area contributed by atoms with Gasteiger partial charge < -0.3 is 9.67 Å². The Morgan fingerprint density at radius 3 is 2.76 bits per heavy atom. The number of hydrogen-bond donors (Lipinski definition) is 1. The first kappa shape index (κ1) is 17.9. The van der Waals surface area contributed by atoms with E-state index < -0.39 is 0 Å². The Kier molecular flexibility index (Phi) is 5.10. The first-order valence-electron chi connectivity index (χ1n) is 8.94. The van der Waals surface area contributed by atoms with Gasteiger partial charge in [-0.1, -0.05) is 6.42 Å². The van der Waals surface area contributed by atoms with Gasteiger partial charge in [-0.25, -0.2) is 9.78 Å². The van der Waals surface area contributed by atoms with Crippen LogP contribution in [0.4, 0.5) is 0 Å². The van der Waals surface area contributed by atoms with Gasteiger partial charge in [-0.2, -0.15) is 0 Å². The van der Waals surface area contributed by atoms with Gasteiger partial charge in [-0.05, 0) is 32.7 Å². The average molecular weight is 349 g/mol. The fourth-order valence-corrected chi connectivity index (χ4v) is 3.87. The molecule has 1 N–H and O–H groups in total. The maximum absolute atomic E-state index is 12.7. The predicted octanol–water partition coefficient (Wildman–Crippen LogP) is 0.0591. The Bertz CT molecular complexity index is 864. The van der Waals surface area contributed by atoms with E-state index in [-0.39, 0.29) is 23.4 Å². The van der Waals surface area contributed by atoms with Crippen LogP contribution in [0.1, 0.15) is 32.6 Å². The lowest BCUT2D eigenvalue weighted by Gasteiger charge is -2.37. The molecule has 0 radical (unpaired) electrons. The zero-order valence-corrected chi connectivity index (χ0v) is 15.2. The monoisotopic (exact) mass is 349 g/mol. The maximum Gasteiger partial charge on any atom is 0.332 e. The van der Waals surface area contributed by atoms with Gasteiger partial charge >= 0.3 is 5.69 Å². The van der Waals surface area contributed by atoms with Crippen molar-refractivity contribution in [2.24, 2.45) is 14.1 Å². The molecule has 0 aliphatic carbocycles. The van der Waals surface area contributed by atoms with Crippen molar-refractivity contribution in [3.63, 3.8) is 0 Å². The van der Waals surface area contributed by atoms with Gasteiger partial charge in [0, 0.05) is 33.2 Å². The van der Waals surface area contributed by atoms with Gasteiger partial charge in [0.25, 0.3) is 5.56 Å². The molecule has 138 valence electrons. The maximum atomic E-state index is 12.7. The van der Waals surface area contributed by atoms with Crippen LogP contribution in [0.3, 0.4) is 0 Å². The third-order valence-corrected chi connectivity index (χ3v) is 5.25. The summed E-state index contributed by atoms with van der Waals surface area (Å²) in [6, 6.07) is 0.174. The van der Waals surface area contributed by atoms with Crippen molar-refractivity contribution in [3.05, 3.63) is 27.2 Å². The topological polar surface area (TPSA) is 85.3 Å². The molecule has 2 aromatic heterocycles. The number of piperidine rings is 1. The largest absolute Gasteiger partial charge is 0.392 e. The summed E-state index contributed by atoms with van der Waals surface area (Å²) in [6.07, 6.45) is 5.16. The van der Waals surface area contributed by atoms with Gasteiger partial charge in [-0.15, -0.1) is 0 Å². The molecule has 1 saturated heterocycles. The number of hydrogen-bond acceptors (Lipinski definition) is 5. The van der Waals surface area contributed by atoms with Crippen LogP contribution in [0.25, 0.3) is 11.2 Å². The Hall–Kier alpha value is -1.93. The van der Waals surface area contributed by atoms with Crippen LogP contribution in [-0.2, 0) is 20.6 Å². The summed E-state index contributed by atoms with van der Waals surface area (Å²) in [5.41, 5.74) is 0.242. The van der Waals surface area contributed by atoms with Crippen LogP contribution < -0.4 is 11.2 Å². The molecular weight excluding hydrogens is 322 g/mol. The minimum Gasteiger partial charge on any atom is -0.392 e. The fourth-order valence-electron chi connectivity index (χ4n) is 3.87. The van der Waals surface area contributed by atoms with Crippen molar-refractivity contribution in [3.8, 4) is 0 Å². The van der Waals surface area contributed by atoms with E-state index in [9.17, 15) is 14.7 Å². The van der Waals surface area contributed by atoms with Gasteiger partial charge in [-0.3, -0.25) is 18.8 Å². The first-order valence-corrected chi connectivity index (χ1v) is 8.94. The van der Waals surface area contributed by atoms with Crippen LogP contribution in [0.5, 0.6) is 0 Å². The van der Waals surface area contributed by atoms with Gasteiger partial charge in [0.1, 0.15) is 0 Å². The fraction of sp³-hybridized carbons (Fsp3) is 0.706. The second kappa shape index (κ2) is 7.13. The van der Waals surface area contributed by atoms with Crippen molar-refractivity contribution in [2.75, 3.05) is 13.1 Å². The number of aromatic nitrogens is 4. The lowest BCUT2D eigenvalue weighted by molar-refractivity contribution is 0.0351. The summed E-state index contributed by atoms with van der Waals surface area (Å²) in [7, 11) is 3.40. The molecule has 3 rings (SSSR count). The standard InChI is InChI=1S/C17H27N5O3/c1-12(23)13-7-4-5-8-21(13)9-6-10-22-16(24)14-15(18-11-19(14)2)20(3)17(22)25/h11-13,23H,4-10H2,1-3H3. The Labute approximate surface area is 146 Å². The van der Waals surface area contributed by atoms with Crippen LogP contribution in [-0.4, -0.2) is 53.9 Å². The summed E-state index contributed by atoms with van der Waals surface area (Å²) >= 11 is 0. The zero-order chi connectivity index (χ0) is 18.1. The summed E-state index contributed by atoms with van der Waals surface area (Å²) in [5.74, 6) is 0. The number of nitrogens with zero attached hydrogens (tertiary/aromatic N) is 5. The van der Waals surface area contributed by atoms with Gasteiger partial charge in [0.05, 0.1) is 12.4 Å². The van der Waals surface area contributed by atoms with Gasteiger partial charge in [0.15, 0.2) is 11.2 Å². The molecule has 8 nitrogen and oxygen atoms in total. The highest BCUT2D eigenvalue weighted by Gasteiger charge is 2.25. The van der Waals surface area contributed by atoms with E-state index in [2.05, 4.69) is 9.88 Å². The second-order valence-corrected chi connectivity index (χ2v) is 7.02. The van der Waals surface area contributed by atoms with Gasteiger partial charge in [0.2, 0.25) is 0 Å². The molecule has 0 spiro atoms. The van der Waals surface area contributed by atoms with E-state index in [1.807, 2.05) is 6.92 Å². The zero-order valence-electron chi connectivity index (χ0n) is 15.2. The molecular formula is C17H27N5O3. The number of aliphatic hydroxyl groups excluding tert-OH is 1. The number of imidazole rings is 1. The quantitative estimate of drug-likeness (QED) is 0.825. The molecule has 0 saturated carbocycles. The molecule has 1 aliphatic rings. The van der Waals surface area contributed by atoms with Crippen LogP contribution in [0, 0.1) is 0 Å². The molecule has 1 fully saturated rings. The molecule has 2 atom stereocenters. The highest BCUT2D eigenvalue weighted by molar-refractivity contribution is 5.69. The van der Waals surface area contributed by atoms with E-state index >= 15 is 0 Å². The predicted molar refractivity (Wildman–Crippen MR) is 95.7 cm³/mol. The number of likely N-dealkylation sites (tertiary alicyclic amines) is 1.